The van der Waals surface area contributed by atoms with Crippen LogP contribution in [0.3, 0.4) is 0 Å². The molecular formula is C29H29FN4O2. The van der Waals surface area contributed by atoms with Crippen molar-refractivity contribution in [1.29, 1.82) is 0 Å². The summed E-state index contributed by atoms with van der Waals surface area (Å²) in [6, 6.07) is 18.5. The lowest BCUT2D eigenvalue weighted by Crippen LogP contribution is -2.46. The van der Waals surface area contributed by atoms with E-state index >= 15 is 0 Å². The van der Waals surface area contributed by atoms with Crippen molar-refractivity contribution in [3.63, 3.8) is 0 Å². The molecule has 4 aromatic rings. The van der Waals surface area contributed by atoms with Crippen LogP contribution in [0, 0.1) is 12.7 Å². The Morgan fingerprint density at radius 1 is 1.03 bits per heavy atom. The lowest BCUT2D eigenvalue weighted by molar-refractivity contribution is 0.0728. The highest BCUT2D eigenvalue weighted by Crippen LogP contribution is 2.37. The minimum absolute atomic E-state index is 0.0644. The maximum Gasteiger partial charge on any atom is 0.271 e. The fourth-order valence-electron chi connectivity index (χ4n) is 4.97. The van der Waals surface area contributed by atoms with Gasteiger partial charge in [-0.3, -0.25) is 9.59 Å². The predicted molar refractivity (Wildman–Crippen MR) is 139 cm³/mol. The minimum Gasteiger partial charge on any atom is -0.355 e. The molecule has 2 amide bonds. The van der Waals surface area contributed by atoms with Gasteiger partial charge in [0, 0.05) is 57.0 Å². The van der Waals surface area contributed by atoms with Crippen molar-refractivity contribution in [1.82, 2.24) is 19.9 Å². The van der Waals surface area contributed by atoms with Crippen LogP contribution in [0.5, 0.6) is 0 Å². The molecule has 2 N–H and O–H groups in total. The van der Waals surface area contributed by atoms with Crippen LogP contribution in [0.1, 0.15) is 37.5 Å². The third-order valence-corrected chi connectivity index (χ3v) is 6.95. The van der Waals surface area contributed by atoms with E-state index in [9.17, 15) is 14.0 Å². The zero-order valence-electron chi connectivity index (χ0n) is 20.5. The number of halogens is 1. The summed E-state index contributed by atoms with van der Waals surface area (Å²) in [6.07, 6.45) is 2.18. The predicted octanol–water partition coefficient (Wildman–Crippen LogP) is 4.05. The van der Waals surface area contributed by atoms with Crippen LogP contribution >= 0.6 is 0 Å². The van der Waals surface area contributed by atoms with Crippen LogP contribution in [-0.2, 0) is 6.42 Å². The number of carbonyl (C=O) groups excluding carboxylic acids is 2. The second kappa shape index (κ2) is 9.95. The molecule has 0 spiro atoms. The van der Waals surface area contributed by atoms with Crippen molar-refractivity contribution in [2.45, 2.75) is 13.3 Å². The number of hydrogen-bond donors (Lipinski definition) is 2. The number of benzene rings is 2. The average Bonchev–Trinajstić information content (AvgIpc) is 3.24. The first-order valence-electron chi connectivity index (χ1n) is 12.2. The summed E-state index contributed by atoms with van der Waals surface area (Å²) in [6.45, 7) is 4.46. The summed E-state index contributed by atoms with van der Waals surface area (Å²) in [5, 5.41) is 5.98. The number of carbonyl (C=O) groups is 2. The van der Waals surface area contributed by atoms with E-state index in [0.717, 1.165) is 40.9 Å². The lowest BCUT2D eigenvalue weighted by Gasteiger charge is -2.28. The normalized spacial score (nSPS) is 13.7. The smallest absolute Gasteiger partial charge is 0.271 e. The number of nitrogens with zero attached hydrogens (tertiary/aromatic N) is 2. The number of fused-ring (bicyclic) bond motifs is 1. The van der Waals surface area contributed by atoms with Gasteiger partial charge < -0.3 is 19.9 Å². The van der Waals surface area contributed by atoms with Gasteiger partial charge in [0.05, 0.1) is 5.52 Å². The van der Waals surface area contributed by atoms with E-state index in [2.05, 4.69) is 10.6 Å². The molecule has 1 aliphatic rings. The lowest BCUT2D eigenvalue weighted by atomic mass is 9.93. The average molecular weight is 485 g/mol. The van der Waals surface area contributed by atoms with Crippen LogP contribution in [-0.4, -0.2) is 54.3 Å². The molecule has 0 saturated carbocycles. The molecule has 36 heavy (non-hydrogen) atoms. The standard InChI is InChI=1S/C29H29FN4O2/c1-19-21(9-6-10-24(19)30)17-23-26(20-7-4-3-5-8-20)25-18-22(28(35)31-2)11-14-34(25)27(23)29(36)33-15-12-32-13-16-33/h3-11,14,18,32H,12-13,15-17H2,1-2H3,(H,31,35). The second-order valence-electron chi connectivity index (χ2n) is 9.06. The van der Waals surface area contributed by atoms with E-state index in [-0.39, 0.29) is 17.6 Å². The SMILES string of the molecule is CNC(=O)c1ccn2c(C(=O)N3CCNCC3)c(Cc3cccc(F)c3C)c(-c3ccccc3)c2c1. The Morgan fingerprint density at radius 2 is 1.78 bits per heavy atom. The van der Waals surface area contributed by atoms with Gasteiger partial charge in [0.25, 0.3) is 11.8 Å². The van der Waals surface area contributed by atoms with Crippen LogP contribution in [0.2, 0.25) is 0 Å². The topological polar surface area (TPSA) is 65.9 Å². The van der Waals surface area contributed by atoms with E-state index < -0.39 is 0 Å². The van der Waals surface area contributed by atoms with Crippen molar-refractivity contribution in [2.75, 3.05) is 33.2 Å². The maximum atomic E-state index is 14.5. The largest absolute Gasteiger partial charge is 0.355 e. The summed E-state index contributed by atoms with van der Waals surface area (Å²) in [5.74, 6) is -0.532. The van der Waals surface area contributed by atoms with Crippen molar-refractivity contribution in [2.24, 2.45) is 0 Å². The third kappa shape index (κ3) is 4.27. The molecule has 3 heterocycles. The molecule has 5 rings (SSSR count). The molecule has 7 heteroatoms. The number of aromatic nitrogens is 1. The van der Waals surface area contributed by atoms with Gasteiger partial charge in [-0.05, 0) is 47.4 Å². The Bertz CT molecular complexity index is 1440. The van der Waals surface area contributed by atoms with E-state index in [1.165, 1.54) is 6.07 Å². The number of nitrogens with one attached hydrogen (secondary N) is 2. The van der Waals surface area contributed by atoms with Gasteiger partial charge in [0.15, 0.2) is 0 Å². The van der Waals surface area contributed by atoms with Crippen LogP contribution in [0.15, 0.2) is 66.9 Å². The summed E-state index contributed by atoms with van der Waals surface area (Å²) >= 11 is 0. The highest BCUT2D eigenvalue weighted by molar-refractivity contribution is 6.03. The van der Waals surface area contributed by atoms with Gasteiger partial charge >= 0.3 is 0 Å². The Balaban J connectivity index is 1.81. The molecule has 0 bridgehead atoms. The zero-order valence-corrected chi connectivity index (χ0v) is 20.5. The first-order chi connectivity index (χ1) is 17.5. The first kappa shape index (κ1) is 23.8. The molecule has 0 atom stereocenters. The number of hydrogen-bond acceptors (Lipinski definition) is 3. The quantitative estimate of drug-likeness (QED) is 0.449. The van der Waals surface area contributed by atoms with Crippen LogP contribution < -0.4 is 10.6 Å². The first-order valence-corrected chi connectivity index (χ1v) is 12.2. The van der Waals surface area contributed by atoms with Crippen molar-refractivity contribution in [3.8, 4) is 11.1 Å². The van der Waals surface area contributed by atoms with Crippen LogP contribution in [0.4, 0.5) is 4.39 Å². The maximum absolute atomic E-state index is 14.5. The molecule has 6 nitrogen and oxygen atoms in total. The van der Waals surface area contributed by atoms with Crippen molar-refractivity contribution in [3.05, 3.63) is 101 Å². The summed E-state index contributed by atoms with van der Waals surface area (Å²) in [7, 11) is 1.60. The Hall–Kier alpha value is -3.97. The number of amides is 2. The van der Waals surface area contributed by atoms with Crippen molar-refractivity contribution >= 4 is 17.3 Å². The molecule has 2 aromatic carbocycles. The Kier molecular flexibility index (Phi) is 6.57. The molecule has 1 saturated heterocycles. The van der Waals surface area contributed by atoms with E-state index in [0.29, 0.717) is 36.3 Å². The fourth-order valence-corrected chi connectivity index (χ4v) is 4.97. The van der Waals surface area contributed by atoms with Gasteiger partial charge in [-0.15, -0.1) is 0 Å². The molecule has 2 aromatic heterocycles. The minimum atomic E-state index is -0.269. The number of piperazine rings is 1. The molecule has 1 aliphatic heterocycles. The molecule has 0 unspecified atom stereocenters. The Morgan fingerprint density at radius 3 is 2.50 bits per heavy atom. The number of rotatable bonds is 5. The summed E-state index contributed by atoms with van der Waals surface area (Å²) < 4.78 is 16.4. The molecule has 0 aliphatic carbocycles. The monoisotopic (exact) mass is 484 g/mol. The van der Waals surface area contributed by atoms with Gasteiger partial charge in [0.2, 0.25) is 0 Å². The van der Waals surface area contributed by atoms with E-state index in [1.54, 1.807) is 32.3 Å². The number of pyridine rings is 1. The molecule has 1 fully saturated rings. The third-order valence-electron chi connectivity index (χ3n) is 6.95. The van der Waals surface area contributed by atoms with Gasteiger partial charge in [-0.1, -0.05) is 42.5 Å². The molecule has 0 radical (unpaired) electrons. The van der Waals surface area contributed by atoms with E-state index in [1.807, 2.05) is 51.8 Å². The van der Waals surface area contributed by atoms with Gasteiger partial charge in [-0.2, -0.15) is 0 Å². The van der Waals surface area contributed by atoms with Crippen LogP contribution in [0.25, 0.3) is 16.6 Å². The molecular weight excluding hydrogens is 455 g/mol. The van der Waals surface area contributed by atoms with E-state index in [4.69, 9.17) is 0 Å². The summed E-state index contributed by atoms with van der Waals surface area (Å²) in [5.41, 5.74) is 5.86. The highest BCUT2D eigenvalue weighted by Gasteiger charge is 2.29. The fraction of sp³-hybridized carbons (Fsp3) is 0.241. The zero-order chi connectivity index (χ0) is 25.2. The van der Waals surface area contributed by atoms with Gasteiger partial charge in [0.1, 0.15) is 11.5 Å². The highest BCUT2D eigenvalue weighted by atomic mass is 19.1. The molecule has 184 valence electrons. The Labute approximate surface area is 209 Å². The van der Waals surface area contributed by atoms with Crippen molar-refractivity contribution < 1.29 is 14.0 Å². The van der Waals surface area contributed by atoms with Gasteiger partial charge in [-0.25, -0.2) is 4.39 Å². The summed E-state index contributed by atoms with van der Waals surface area (Å²) in [4.78, 5) is 28.4. The second-order valence-corrected chi connectivity index (χ2v) is 9.06.